The molecule has 0 radical (unpaired) electrons. The van der Waals surface area contributed by atoms with E-state index in [1.807, 2.05) is 80.6 Å². The molecular formula is C125H118ClF6N5O13. The van der Waals surface area contributed by atoms with Crippen LogP contribution in [0, 0.1) is 135 Å². The first-order valence-electron chi connectivity index (χ1n) is 47.8. The van der Waals surface area contributed by atoms with E-state index in [2.05, 4.69) is 163 Å². The van der Waals surface area contributed by atoms with Crippen molar-refractivity contribution < 1.29 is 64.2 Å². The van der Waals surface area contributed by atoms with Gasteiger partial charge >= 0.3 is 0 Å². The maximum atomic E-state index is 13.3. The Balaban J connectivity index is 0.000000178. The highest BCUT2D eigenvalue weighted by molar-refractivity contribution is 6.30. The van der Waals surface area contributed by atoms with Crippen LogP contribution in [0.2, 0.25) is 5.02 Å². The van der Waals surface area contributed by atoms with Crippen molar-refractivity contribution in [1.82, 2.24) is 22.8 Å². The van der Waals surface area contributed by atoms with Crippen LogP contribution in [-0.4, -0.2) is 77.2 Å². The van der Waals surface area contributed by atoms with Crippen molar-refractivity contribution in [3.63, 3.8) is 0 Å². The van der Waals surface area contributed by atoms with Crippen LogP contribution in [0.1, 0.15) is 171 Å². The fourth-order valence-corrected chi connectivity index (χ4v) is 13.6. The number of methoxy groups -OCH3 is 3. The molecule has 15 aromatic rings. The van der Waals surface area contributed by atoms with E-state index in [0.717, 1.165) is 63.8 Å². The van der Waals surface area contributed by atoms with Crippen molar-refractivity contribution in [3.8, 4) is 134 Å². The molecule has 770 valence electrons. The second-order valence-electron chi connectivity index (χ2n) is 40.8. The van der Waals surface area contributed by atoms with Gasteiger partial charge in [-0.05, 0) is 264 Å². The standard InChI is InChI=1S/C25H24ClNO3.C25H23F2NO3.C25H23F2NO2.C25H24FNO3.C25H24FNO2/c1-25(2,3)17-30-22-12-11-21(16-23(22)29-4)27-14-13-19(15-24(27)28)6-5-18-7-9-20(26)10-8-18;1-25(2,3)16-31-22-10-8-19(15-23(22)30-4)28-12-11-18(14-24(28)29)6-5-17-7-9-20(26)21(27)13-17;1-17-13-20(8-10-23(17)30-16-25(2,3)4)28-12-11-19(15-24(28)29)6-5-18-7-9-21(26)22(27)14-18;1-25(2,3)17-30-22-12-11-21(16-23(22)29-4)27-14-13-19(15-24(27)28)6-5-18-7-9-20(26)10-8-18;1-18-15-22(11-12-23(18)29-17-25(2,3)4)27-14-13-20(16-24(27)28)6-5-19-7-9-21(26)10-8-19/h7-16H,17H2,1-4H3;7-15H,16H2,1-4H3;7-15H,16H2,1-4H3;7-16H,17H2,1-4H3;7-16H,17H2,1-4H3. The molecule has 0 spiro atoms. The van der Waals surface area contributed by atoms with Crippen LogP contribution in [0.4, 0.5) is 26.3 Å². The number of hydrogen-bond acceptors (Lipinski definition) is 13. The van der Waals surface area contributed by atoms with Crippen molar-refractivity contribution in [1.29, 1.82) is 0 Å². The van der Waals surface area contributed by atoms with Crippen molar-refractivity contribution in [2.45, 2.75) is 118 Å². The van der Waals surface area contributed by atoms with Gasteiger partial charge in [-0.2, -0.15) is 0 Å². The van der Waals surface area contributed by atoms with Gasteiger partial charge in [0.15, 0.2) is 57.8 Å². The summed E-state index contributed by atoms with van der Waals surface area (Å²) in [4.78, 5) is 63.0. The van der Waals surface area contributed by atoms with Gasteiger partial charge in [0, 0.05) is 152 Å². The van der Waals surface area contributed by atoms with E-state index in [1.165, 1.54) is 80.4 Å². The predicted molar refractivity (Wildman–Crippen MR) is 581 cm³/mol. The summed E-state index contributed by atoms with van der Waals surface area (Å²) >= 11 is 5.88. The minimum Gasteiger partial charge on any atom is -0.493 e. The van der Waals surface area contributed by atoms with Gasteiger partial charge in [0.25, 0.3) is 27.8 Å². The lowest BCUT2D eigenvalue weighted by Crippen LogP contribution is -2.18. The van der Waals surface area contributed by atoms with Crippen molar-refractivity contribution in [2.75, 3.05) is 54.4 Å². The van der Waals surface area contributed by atoms with Crippen LogP contribution in [0.25, 0.3) is 28.4 Å². The van der Waals surface area contributed by atoms with Gasteiger partial charge in [0.05, 0.1) is 71.4 Å². The summed E-state index contributed by atoms with van der Waals surface area (Å²) in [5.41, 5.74) is 10.1. The van der Waals surface area contributed by atoms with Gasteiger partial charge in [-0.1, -0.05) is 175 Å². The Morgan fingerprint density at radius 1 is 0.227 bits per heavy atom. The molecule has 150 heavy (non-hydrogen) atoms. The topological polar surface area (TPSA) is 184 Å². The number of ether oxygens (including phenoxy) is 8. The molecule has 0 saturated heterocycles. The Bertz CT molecular complexity index is 7830. The molecule has 0 N–H and O–H groups in total. The second-order valence-corrected chi connectivity index (χ2v) is 41.2. The predicted octanol–water partition coefficient (Wildman–Crippen LogP) is 25.4. The van der Waals surface area contributed by atoms with Crippen LogP contribution < -0.4 is 65.7 Å². The molecule has 18 nitrogen and oxygen atoms in total. The number of nitrogens with zero attached hydrogens (tertiary/aromatic N) is 5. The summed E-state index contributed by atoms with van der Waals surface area (Å²) in [7, 11) is 4.70. The lowest BCUT2D eigenvalue weighted by Gasteiger charge is -2.20. The highest BCUT2D eigenvalue weighted by Gasteiger charge is 2.22. The summed E-state index contributed by atoms with van der Waals surface area (Å²) in [5, 5.41) is 0.661. The third-order valence-corrected chi connectivity index (χ3v) is 21.4. The molecule has 0 aliphatic carbocycles. The van der Waals surface area contributed by atoms with Gasteiger partial charge in [0.2, 0.25) is 0 Å². The maximum absolute atomic E-state index is 13.3. The smallest absolute Gasteiger partial charge is 0.256 e. The third-order valence-electron chi connectivity index (χ3n) is 21.2. The van der Waals surface area contributed by atoms with E-state index in [4.69, 9.17) is 49.5 Å². The van der Waals surface area contributed by atoms with E-state index in [0.29, 0.717) is 140 Å². The highest BCUT2D eigenvalue weighted by Crippen LogP contribution is 2.36. The van der Waals surface area contributed by atoms with Gasteiger partial charge < -0.3 is 37.9 Å². The molecule has 0 aliphatic heterocycles. The molecule has 5 aromatic heterocycles. The first-order chi connectivity index (χ1) is 71.0. The Hall–Kier alpha value is -17.0. The van der Waals surface area contributed by atoms with Crippen LogP contribution in [-0.2, 0) is 0 Å². The second kappa shape index (κ2) is 51.4. The normalized spacial score (nSPS) is 10.9. The zero-order valence-electron chi connectivity index (χ0n) is 87.4. The minimum absolute atomic E-state index is 0.00281. The van der Waals surface area contributed by atoms with Crippen LogP contribution >= 0.6 is 11.6 Å². The molecule has 0 bridgehead atoms. The molecule has 25 heteroatoms. The van der Waals surface area contributed by atoms with E-state index in [-0.39, 0.29) is 66.5 Å². The molecule has 5 heterocycles. The van der Waals surface area contributed by atoms with Crippen molar-refractivity contribution in [2.24, 2.45) is 27.1 Å². The van der Waals surface area contributed by atoms with Gasteiger partial charge in [0.1, 0.15) is 23.1 Å². The van der Waals surface area contributed by atoms with Gasteiger partial charge in [-0.3, -0.25) is 46.8 Å². The van der Waals surface area contributed by atoms with Crippen molar-refractivity contribution in [3.05, 3.63) is 450 Å². The molecule has 0 aliphatic rings. The number of benzene rings is 10. The summed E-state index contributed by atoms with van der Waals surface area (Å²) in [6, 6.07) is 69.3. The van der Waals surface area contributed by atoms with Gasteiger partial charge in [-0.15, -0.1) is 0 Å². The molecule has 10 aromatic carbocycles. The van der Waals surface area contributed by atoms with E-state index >= 15 is 0 Å². The Morgan fingerprint density at radius 2 is 0.427 bits per heavy atom. The Labute approximate surface area is 876 Å². The number of hydrogen-bond donors (Lipinski definition) is 0. The molecule has 15 rings (SSSR count). The first kappa shape index (κ1) is 113. The number of rotatable bonds is 18. The number of aromatic nitrogens is 5. The lowest BCUT2D eigenvalue weighted by molar-refractivity contribution is 0.191. The SMILES string of the molecule is COc1cc(-n2ccc(C#Cc3ccc(Cl)cc3)cc2=O)ccc1OCC(C)(C)C.COc1cc(-n2ccc(C#Cc3ccc(F)c(F)c3)cc2=O)ccc1OCC(C)(C)C.COc1cc(-n2ccc(C#Cc3ccc(F)cc3)cc2=O)ccc1OCC(C)(C)C.Cc1cc(-n2ccc(C#Cc3ccc(F)c(F)c3)cc2=O)ccc1OCC(C)(C)C.Cc1cc(-n2ccc(C#Cc3ccc(F)cc3)cc2=O)ccc1OCC(C)(C)C. The fraction of sp³-hybridized carbons (Fsp3) is 0.240. The van der Waals surface area contributed by atoms with Crippen LogP contribution in [0.3, 0.4) is 0 Å². The van der Waals surface area contributed by atoms with Crippen LogP contribution in [0.5, 0.6) is 46.0 Å². The highest BCUT2D eigenvalue weighted by atomic mass is 35.5. The summed E-state index contributed by atoms with van der Waals surface area (Å²) in [6.07, 6.45) is 8.33. The minimum atomic E-state index is -0.967. The fourth-order valence-electron chi connectivity index (χ4n) is 13.5. The molecule has 0 amide bonds. The Morgan fingerprint density at radius 3 is 0.640 bits per heavy atom. The largest absolute Gasteiger partial charge is 0.493 e. The average molecular weight is 2050 g/mol. The zero-order chi connectivity index (χ0) is 109. The summed E-state index contributed by atoms with van der Waals surface area (Å²) in [6.45, 7) is 38.2. The summed E-state index contributed by atoms with van der Waals surface area (Å²) < 4.78 is 132. The number of pyridine rings is 5. The molecule has 0 atom stereocenters. The zero-order valence-corrected chi connectivity index (χ0v) is 88.2. The van der Waals surface area contributed by atoms with Crippen LogP contribution in [0.15, 0.2) is 316 Å². The quantitative estimate of drug-likeness (QED) is 0.0584. The Kier molecular flexibility index (Phi) is 38.8. The third kappa shape index (κ3) is 35.4. The molecule has 0 fully saturated rings. The monoisotopic (exact) mass is 2050 g/mol. The van der Waals surface area contributed by atoms with Crippen molar-refractivity contribution >= 4 is 11.6 Å². The number of aryl methyl sites for hydroxylation is 2. The lowest BCUT2D eigenvalue weighted by atomic mass is 9.98. The average Bonchev–Trinajstić information content (AvgIpc) is 0.930. The van der Waals surface area contributed by atoms with E-state index < -0.39 is 23.3 Å². The molecular weight excluding hydrogens is 1930 g/mol. The van der Waals surface area contributed by atoms with E-state index in [9.17, 15) is 50.3 Å². The maximum Gasteiger partial charge on any atom is 0.256 e. The number of halogens is 7. The molecule has 0 unspecified atom stereocenters. The van der Waals surface area contributed by atoms with E-state index in [1.54, 1.807) is 165 Å². The molecule has 0 saturated carbocycles. The first-order valence-corrected chi connectivity index (χ1v) is 48.2. The van der Waals surface area contributed by atoms with Gasteiger partial charge in [-0.25, -0.2) is 26.3 Å². The summed E-state index contributed by atoms with van der Waals surface area (Å²) in [5.74, 6) is 29.6.